The normalized spacial score (nSPS) is 12.2. The first kappa shape index (κ1) is 67.2. The molecule has 0 aliphatic carbocycles. The van der Waals surface area contributed by atoms with Crippen LogP contribution in [0, 0.1) is 23.3 Å². The number of thiophene rings is 1. The van der Waals surface area contributed by atoms with Crippen LogP contribution >= 0.6 is 11.3 Å². The number of nitrogens with two attached hydrogens (primary N) is 1. The molecule has 0 unspecified atom stereocenters. The highest BCUT2D eigenvalue weighted by molar-refractivity contribution is 7.13. The standard InChI is InChI=1S/C54H79F4N7O14S/c1-2-15-65(16-7-14-63-54-61-12-6-13-62-54)53(68)41-37-46-45(64-47(59)38-41)39-42(80-46)8-4-3-5-11-60-48(66)9-17-69-19-21-71-23-25-73-27-29-75-31-33-77-35-36-78-34-32-76-30-28-74-26-24-72-22-20-70-18-10-49(67)79-52-50(57)43(55)40-44(56)51(52)58/h6,12-13,37,39-40H,2-5,7-11,14-36,38H2,1H3,(H2,59,64)(H,60,66)(H,61,62,63). The van der Waals surface area contributed by atoms with Crippen molar-refractivity contribution in [1.82, 2.24) is 20.2 Å². The van der Waals surface area contributed by atoms with E-state index in [0.717, 1.165) is 49.1 Å². The molecule has 0 saturated carbocycles. The predicted molar refractivity (Wildman–Crippen MR) is 290 cm³/mol. The van der Waals surface area contributed by atoms with Gasteiger partial charge in [0, 0.05) is 67.9 Å². The van der Waals surface area contributed by atoms with Gasteiger partial charge in [-0.05, 0) is 50.3 Å². The molecule has 1 aromatic carbocycles. The minimum absolute atomic E-state index is 0.0136. The van der Waals surface area contributed by atoms with Crippen molar-refractivity contribution in [3.8, 4) is 5.75 Å². The molecule has 3 aromatic rings. The van der Waals surface area contributed by atoms with E-state index in [2.05, 4.69) is 43.3 Å². The molecule has 1 aliphatic rings. The van der Waals surface area contributed by atoms with E-state index < -0.39 is 41.4 Å². The number of halogens is 4. The topological polar surface area (TPSA) is 244 Å². The minimum Gasteiger partial charge on any atom is -0.420 e. The monoisotopic (exact) mass is 1160 g/mol. The highest BCUT2D eigenvalue weighted by atomic mass is 32.1. The molecule has 0 bridgehead atoms. The Hall–Kier alpha value is -5.26. The summed E-state index contributed by atoms with van der Waals surface area (Å²) < 4.78 is 112. The summed E-state index contributed by atoms with van der Waals surface area (Å²) in [5.74, 6) is -8.58. The largest absolute Gasteiger partial charge is 0.420 e. The van der Waals surface area contributed by atoms with Crippen molar-refractivity contribution in [2.75, 3.05) is 164 Å². The van der Waals surface area contributed by atoms with E-state index in [9.17, 15) is 31.9 Å². The Bertz CT molecular complexity index is 2250. The molecule has 4 rings (SSSR count). The molecule has 26 heteroatoms. The SMILES string of the molecule is CCCN(CCCNc1ncccn1)C(=O)C1=Cc2sc(CCCCCNC(=O)CCOCCOCCOCCOCCOCCOCCOCCOCCOCCOCCC(=O)Oc3c(F)c(F)cc(F)c3F)cc2N=C(N)C1. The number of fused-ring (bicyclic) bond motifs is 1. The number of aliphatic imine (C=N–C) groups is 1. The van der Waals surface area contributed by atoms with E-state index in [1.807, 2.05) is 11.0 Å². The number of benzene rings is 1. The van der Waals surface area contributed by atoms with Gasteiger partial charge in [0.05, 0.1) is 149 Å². The number of esters is 1. The highest BCUT2D eigenvalue weighted by Gasteiger charge is 2.24. The van der Waals surface area contributed by atoms with Crippen LogP contribution < -0.4 is 21.1 Å². The van der Waals surface area contributed by atoms with Gasteiger partial charge in [-0.15, -0.1) is 11.3 Å². The van der Waals surface area contributed by atoms with E-state index in [4.69, 9.17) is 53.1 Å². The zero-order valence-electron chi connectivity index (χ0n) is 45.8. The first-order valence-corrected chi connectivity index (χ1v) is 27.9. The number of amides is 2. The number of anilines is 1. The van der Waals surface area contributed by atoms with Gasteiger partial charge in [0.15, 0.2) is 11.6 Å². The first-order chi connectivity index (χ1) is 39.0. The molecule has 0 fully saturated rings. The average Bonchev–Trinajstić information content (AvgIpc) is 3.79. The maximum atomic E-state index is 13.7. The highest BCUT2D eigenvalue weighted by Crippen LogP contribution is 2.36. The molecule has 0 spiro atoms. The quantitative estimate of drug-likeness (QED) is 0.0193. The van der Waals surface area contributed by atoms with Gasteiger partial charge >= 0.3 is 5.97 Å². The fourth-order valence-electron chi connectivity index (χ4n) is 7.27. The smallest absolute Gasteiger partial charge is 0.313 e. The van der Waals surface area contributed by atoms with Crippen molar-refractivity contribution in [3.05, 3.63) is 69.2 Å². The number of carbonyl (C=O) groups excluding carboxylic acids is 3. The molecule has 1 aliphatic heterocycles. The van der Waals surface area contributed by atoms with E-state index >= 15 is 0 Å². The molecule has 0 radical (unpaired) electrons. The summed E-state index contributed by atoms with van der Waals surface area (Å²) in [5, 5.41) is 6.17. The molecular formula is C54H79F4N7O14S. The number of carbonyl (C=O) groups is 3. The summed E-state index contributed by atoms with van der Waals surface area (Å²) >= 11 is 1.65. The van der Waals surface area contributed by atoms with Crippen LogP contribution in [0.3, 0.4) is 0 Å². The van der Waals surface area contributed by atoms with E-state index in [1.165, 1.54) is 4.88 Å². The maximum absolute atomic E-state index is 13.7. The van der Waals surface area contributed by atoms with Gasteiger partial charge in [0.2, 0.25) is 35.1 Å². The lowest BCUT2D eigenvalue weighted by Crippen LogP contribution is -2.35. The van der Waals surface area contributed by atoms with Gasteiger partial charge in [0.1, 0.15) is 5.84 Å². The van der Waals surface area contributed by atoms with E-state index in [0.29, 0.717) is 156 Å². The lowest BCUT2D eigenvalue weighted by molar-refractivity contribution is -0.136. The van der Waals surface area contributed by atoms with Gasteiger partial charge in [0.25, 0.3) is 0 Å². The summed E-state index contributed by atoms with van der Waals surface area (Å²) in [5.41, 5.74) is 7.76. The van der Waals surface area contributed by atoms with E-state index in [1.54, 1.807) is 29.8 Å². The Morgan fingerprint density at radius 2 is 1.12 bits per heavy atom. The van der Waals surface area contributed by atoms with Crippen LogP contribution in [-0.4, -0.2) is 197 Å². The lowest BCUT2D eigenvalue weighted by atomic mass is 10.1. The number of hydrogen-bond donors (Lipinski definition) is 3. The van der Waals surface area contributed by atoms with Crippen molar-refractivity contribution in [2.45, 2.75) is 64.7 Å². The Kier molecular flexibility index (Phi) is 35.8. The van der Waals surface area contributed by atoms with Crippen LogP contribution in [0.15, 0.2) is 41.2 Å². The summed E-state index contributed by atoms with van der Waals surface area (Å²) in [6, 6.07) is 3.85. The third-order valence-electron chi connectivity index (χ3n) is 11.2. The van der Waals surface area contributed by atoms with Crippen molar-refractivity contribution in [2.24, 2.45) is 10.7 Å². The lowest BCUT2D eigenvalue weighted by Gasteiger charge is -2.23. The fraction of sp³-hybridized carbons (Fsp3) is 0.630. The zero-order valence-corrected chi connectivity index (χ0v) is 46.6. The first-order valence-electron chi connectivity index (χ1n) is 27.1. The number of hydrogen-bond acceptors (Lipinski definition) is 20. The van der Waals surface area contributed by atoms with Crippen LogP contribution in [-0.2, 0) is 68.2 Å². The Labute approximate surface area is 469 Å². The van der Waals surface area contributed by atoms with Gasteiger partial charge < -0.3 is 73.4 Å². The predicted octanol–water partition coefficient (Wildman–Crippen LogP) is 5.99. The van der Waals surface area contributed by atoms with Gasteiger partial charge in [-0.3, -0.25) is 14.4 Å². The molecule has 0 atom stereocenters. The second-order valence-corrected chi connectivity index (χ2v) is 18.8. The average molecular weight is 1160 g/mol. The van der Waals surface area contributed by atoms with Crippen LogP contribution in [0.2, 0.25) is 0 Å². The Morgan fingerprint density at radius 1 is 0.625 bits per heavy atom. The third-order valence-corrected chi connectivity index (χ3v) is 12.4. The van der Waals surface area contributed by atoms with Gasteiger partial charge in [-0.2, -0.15) is 8.78 Å². The van der Waals surface area contributed by atoms with Crippen molar-refractivity contribution in [1.29, 1.82) is 0 Å². The van der Waals surface area contributed by atoms with Crippen molar-refractivity contribution < 1.29 is 84.1 Å². The Morgan fingerprint density at radius 3 is 1.64 bits per heavy atom. The summed E-state index contributed by atoms with van der Waals surface area (Å²) in [7, 11) is 0. The molecule has 2 amide bonds. The van der Waals surface area contributed by atoms with E-state index in [-0.39, 0.29) is 50.7 Å². The number of rotatable bonds is 48. The zero-order chi connectivity index (χ0) is 57.3. The number of aromatic nitrogens is 2. The number of ether oxygens (including phenoxy) is 11. The molecule has 3 heterocycles. The van der Waals surface area contributed by atoms with Crippen molar-refractivity contribution >= 4 is 52.7 Å². The second-order valence-electron chi connectivity index (χ2n) is 17.6. The Balaban J connectivity index is 0.831. The van der Waals surface area contributed by atoms with Crippen LogP contribution in [0.25, 0.3) is 6.08 Å². The molecule has 448 valence electrons. The van der Waals surface area contributed by atoms with Crippen LogP contribution in [0.1, 0.15) is 68.0 Å². The molecule has 80 heavy (non-hydrogen) atoms. The van der Waals surface area contributed by atoms with Crippen molar-refractivity contribution in [3.63, 3.8) is 0 Å². The van der Waals surface area contributed by atoms with Gasteiger partial charge in [-0.1, -0.05) is 13.3 Å². The number of nitrogens with zero attached hydrogens (tertiary/aromatic N) is 4. The summed E-state index contributed by atoms with van der Waals surface area (Å²) in [4.78, 5) is 54.7. The molecule has 4 N–H and O–H groups in total. The number of unbranched alkanes of at least 4 members (excludes halogenated alkanes) is 2. The van der Waals surface area contributed by atoms with Crippen LogP contribution in [0.5, 0.6) is 5.75 Å². The number of aryl methyl sites for hydroxylation is 1. The summed E-state index contributed by atoms with van der Waals surface area (Å²) in [6.45, 7) is 11.4. The van der Waals surface area contributed by atoms with Gasteiger partial charge in [-0.25, -0.2) is 23.7 Å². The molecular weight excluding hydrogens is 1080 g/mol. The molecule has 2 aromatic heterocycles. The third kappa shape index (κ3) is 29.5. The maximum Gasteiger partial charge on any atom is 0.313 e. The van der Waals surface area contributed by atoms with Crippen LogP contribution in [0.4, 0.5) is 29.2 Å². The summed E-state index contributed by atoms with van der Waals surface area (Å²) in [6.07, 6.45) is 10.8. The minimum atomic E-state index is -1.80. The number of nitrogens with one attached hydrogen (secondary N) is 2. The molecule has 0 saturated heterocycles. The second kappa shape index (κ2) is 42.6. The molecule has 21 nitrogen and oxygen atoms in total. The number of amidine groups is 1. The fourth-order valence-corrected chi connectivity index (χ4v) is 8.38.